The molecular formula is C25H16F2N2O3. The van der Waals surface area contributed by atoms with E-state index in [9.17, 15) is 18.4 Å². The van der Waals surface area contributed by atoms with Gasteiger partial charge >= 0.3 is 0 Å². The highest BCUT2D eigenvalue weighted by atomic mass is 19.2. The number of carbonyl (C=O) groups is 2. The number of methoxy groups -OCH3 is 1. The van der Waals surface area contributed by atoms with E-state index in [0.717, 1.165) is 17.7 Å². The number of halogens is 2. The Labute approximate surface area is 182 Å². The van der Waals surface area contributed by atoms with E-state index >= 15 is 0 Å². The number of hydrogen-bond donors (Lipinski definition) is 1. The Bertz CT molecular complexity index is 1340. The molecule has 5 nitrogen and oxygen atoms in total. The molecule has 1 aliphatic heterocycles. The Morgan fingerprint density at radius 1 is 1.06 bits per heavy atom. The first-order valence-electron chi connectivity index (χ1n) is 9.59. The number of Topliss-reactive ketones (excluding diaryl/α,β-unsaturated/α-hetero) is 1. The number of rotatable bonds is 3. The normalized spacial score (nSPS) is 13.8. The molecule has 2 aromatic carbocycles. The second-order valence-corrected chi connectivity index (χ2v) is 6.96. The first kappa shape index (κ1) is 20.9. The van der Waals surface area contributed by atoms with Crippen LogP contribution in [0.15, 0.2) is 60.3 Å². The van der Waals surface area contributed by atoms with Crippen molar-refractivity contribution in [2.75, 3.05) is 12.4 Å². The fourth-order valence-corrected chi connectivity index (χ4v) is 3.18. The number of anilines is 1. The molecule has 1 aliphatic rings. The largest absolute Gasteiger partial charge is 0.481 e. The van der Waals surface area contributed by atoms with Gasteiger partial charge in [0.25, 0.3) is 5.91 Å². The minimum Gasteiger partial charge on any atom is -0.481 e. The number of ether oxygens (including phenoxy) is 1. The second kappa shape index (κ2) is 8.82. The summed E-state index contributed by atoms with van der Waals surface area (Å²) in [7, 11) is 1.54. The maximum atomic E-state index is 13.5. The smallest absolute Gasteiger partial charge is 0.259 e. The summed E-state index contributed by atoms with van der Waals surface area (Å²) >= 11 is 0. The molecule has 0 saturated heterocycles. The minimum atomic E-state index is -1.06. The van der Waals surface area contributed by atoms with Crippen LogP contribution in [0.2, 0.25) is 0 Å². The van der Waals surface area contributed by atoms with Crippen LogP contribution in [0.25, 0.3) is 6.08 Å². The van der Waals surface area contributed by atoms with E-state index in [2.05, 4.69) is 22.1 Å². The van der Waals surface area contributed by atoms with Gasteiger partial charge in [0.2, 0.25) is 11.7 Å². The zero-order chi connectivity index (χ0) is 22.7. The van der Waals surface area contributed by atoms with E-state index in [1.807, 2.05) is 6.07 Å². The SMILES string of the molecule is COc1cc(CC#Cc2ccc3c(c2)C(=O)/C(=C/c2ccc(F)c(F)c2)C(=O)N3)ccn1. The third-order valence-electron chi connectivity index (χ3n) is 4.79. The number of carbonyl (C=O) groups excluding carboxylic acids is 2. The predicted octanol–water partition coefficient (Wildman–Crippen LogP) is 4.18. The Kier molecular flexibility index (Phi) is 5.77. The third-order valence-corrected chi connectivity index (χ3v) is 4.79. The molecule has 0 atom stereocenters. The van der Waals surface area contributed by atoms with E-state index in [0.29, 0.717) is 23.6 Å². The molecule has 0 aliphatic carbocycles. The molecule has 0 radical (unpaired) electrons. The lowest BCUT2D eigenvalue weighted by molar-refractivity contribution is -0.112. The van der Waals surface area contributed by atoms with Crippen LogP contribution in [0, 0.1) is 23.5 Å². The lowest BCUT2D eigenvalue weighted by Crippen LogP contribution is -2.27. The van der Waals surface area contributed by atoms with Crippen LogP contribution in [0.3, 0.4) is 0 Å². The number of aromatic nitrogens is 1. The lowest BCUT2D eigenvalue weighted by Gasteiger charge is -2.18. The molecule has 0 saturated carbocycles. The number of ketones is 1. The van der Waals surface area contributed by atoms with E-state index in [4.69, 9.17) is 4.74 Å². The molecule has 7 heteroatoms. The van der Waals surface area contributed by atoms with Crippen molar-refractivity contribution in [3.8, 4) is 17.7 Å². The van der Waals surface area contributed by atoms with Crippen LogP contribution in [0.1, 0.15) is 27.0 Å². The van der Waals surface area contributed by atoms with Crippen LogP contribution < -0.4 is 10.1 Å². The summed E-state index contributed by atoms with van der Waals surface area (Å²) in [5.74, 6) is 3.34. The summed E-state index contributed by atoms with van der Waals surface area (Å²) in [4.78, 5) is 29.4. The fourth-order valence-electron chi connectivity index (χ4n) is 3.18. The van der Waals surface area contributed by atoms with Crippen molar-refractivity contribution in [2.45, 2.75) is 6.42 Å². The topological polar surface area (TPSA) is 68.3 Å². The van der Waals surface area contributed by atoms with Crippen molar-refractivity contribution in [3.05, 3.63) is 94.2 Å². The average Bonchev–Trinajstić information content (AvgIpc) is 2.79. The summed E-state index contributed by atoms with van der Waals surface area (Å²) in [5.41, 5.74) is 2.21. The summed E-state index contributed by atoms with van der Waals surface area (Å²) in [6.07, 6.45) is 3.33. The van der Waals surface area contributed by atoms with Crippen molar-refractivity contribution < 1.29 is 23.1 Å². The third kappa shape index (κ3) is 4.40. The molecule has 0 fully saturated rings. The number of nitrogens with zero attached hydrogens (tertiary/aromatic N) is 1. The molecule has 158 valence electrons. The van der Waals surface area contributed by atoms with Gasteiger partial charge < -0.3 is 10.1 Å². The minimum absolute atomic E-state index is 0.169. The van der Waals surface area contributed by atoms with Crippen LogP contribution >= 0.6 is 0 Å². The quantitative estimate of drug-likeness (QED) is 0.385. The van der Waals surface area contributed by atoms with E-state index in [1.165, 1.54) is 19.3 Å². The summed E-state index contributed by atoms with van der Waals surface area (Å²) < 4.78 is 31.7. The number of nitrogens with one attached hydrogen (secondary N) is 1. The van der Waals surface area contributed by atoms with Gasteiger partial charge in [0.15, 0.2) is 11.6 Å². The van der Waals surface area contributed by atoms with E-state index in [1.54, 1.807) is 30.5 Å². The van der Waals surface area contributed by atoms with Crippen molar-refractivity contribution >= 4 is 23.5 Å². The van der Waals surface area contributed by atoms with Gasteiger partial charge in [-0.15, -0.1) is 0 Å². The molecule has 0 spiro atoms. The van der Waals surface area contributed by atoms with Gasteiger partial charge in [-0.25, -0.2) is 13.8 Å². The van der Waals surface area contributed by atoms with Crippen LogP contribution in [-0.4, -0.2) is 23.8 Å². The second-order valence-electron chi connectivity index (χ2n) is 6.96. The molecular weight excluding hydrogens is 414 g/mol. The van der Waals surface area contributed by atoms with Crippen molar-refractivity contribution in [1.29, 1.82) is 0 Å². The van der Waals surface area contributed by atoms with Gasteiger partial charge in [0.05, 0.1) is 18.4 Å². The molecule has 0 unspecified atom stereocenters. The maximum absolute atomic E-state index is 13.5. The van der Waals surface area contributed by atoms with E-state index in [-0.39, 0.29) is 16.7 Å². The van der Waals surface area contributed by atoms with Gasteiger partial charge in [-0.05, 0) is 53.6 Å². The number of pyridine rings is 1. The molecule has 1 amide bonds. The van der Waals surface area contributed by atoms with Crippen LogP contribution in [-0.2, 0) is 11.2 Å². The highest BCUT2D eigenvalue weighted by Crippen LogP contribution is 2.27. The number of fused-ring (bicyclic) bond motifs is 1. The molecule has 0 bridgehead atoms. The monoisotopic (exact) mass is 430 g/mol. The Morgan fingerprint density at radius 2 is 1.91 bits per heavy atom. The zero-order valence-corrected chi connectivity index (χ0v) is 16.9. The van der Waals surface area contributed by atoms with E-state index < -0.39 is 23.3 Å². The van der Waals surface area contributed by atoms with Crippen molar-refractivity contribution in [2.24, 2.45) is 0 Å². The van der Waals surface area contributed by atoms with Crippen molar-refractivity contribution in [3.63, 3.8) is 0 Å². The molecule has 3 aromatic rings. The van der Waals surface area contributed by atoms with Gasteiger partial charge in [-0.2, -0.15) is 0 Å². The molecule has 4 rings (SSSR count). The van der Waals surface area contributed by atoms with Crippen molar-refractivity contribution in [1.82, 2.24) is 4.98 Å². The number of amides is 1. The summed E-state index contributed by atoms with van der Waals surface area (Å²) in [6.45, 7) is 0. The molecule has 1 aromatic heterocycles. The molecule has 1 N–H and O–H groups in total. The van der Waals surface area contributed by atoms with Crippen LogP contribution in [0.5, 0.6) is 5.88 Å². The zero-order valence-electron chi connectivity index (χ0n) is 16.9. The summed E-state index contributed by atoms with van der Waals surface area (Å²) in [6, 6.07) is 11.7. The highest BCUT2D eigenvalue weighted by molar-refractivity contribution is 6.36. The lowest BCUT2D eigenvalue weighted by atomic mass is 9.93. The first-order chi connectivity index (χ1) is 15.4. The Hall–Kier alpha value is -4.31. The first-order valence-corrected chi connectivity index (χ1v) is 9.59. The van der Waals surface area contributed by atoms with Crippen LogP contribution in [0.4, 0.5) is 14.5 Å². The van der Waals surface area contributed by atoms with Gasteiger partial charge in [-0.1, -0.05) is 17.9 Å². The average molecular weight is 430 g/mol. The molecule has 2 heterocycles. The van der Waals surface area contributed by atoms with Gasteiger partial charge in [-0.3, -0.25) is 9.59 Å². The van der Waals surface area contributed by atoms with Gasteiger partial charge in [0, 0.05) is 29.8 Å². The maximum Gasteiger partial charge on any atom is 0.259 e. The predicted molar refractivity (Wildman–Crippen MR) is 115 cm³/mol. The number of hydrogen-bond acceptors (Lipinski definition) is 4. The fraction of sp³-hybridized carbons (Fsp3) is 0.0800. The molecule has 32 heavy (non-hydrogen) atoms. The highest BCUT2D eigenvalue weighted by Gasteiger charge is 2.28. The Morgan fingerprint density at radius 3 is 2.69 bits per heavy atom. The number of benzene rings is 2. The van der Waals surface area contributed by atoms with Gasteiger partial charge in [0.1, 0.15) is 0 Å². The summed E-state index contributed by atoms with van der Waals surface area (Å²) in [5, 5.41) is 2.64. The standard InChI is InChI=1S/C25H16F2N2O3/c1-32-23-14-16(9-10-28-23)4-2-3-15-6-8-22-18(11-15)24(30)19(25(31)29-22)12-17-5-7-20(26)21(27)13-17/h5-14H,4H2,1H3,(H,29,31)/b19-12-. The Balaban J connectivity index is 1.60.